The molecule has 3 N–H and O–H groups in total. The quantitative estimate of drug-likeness (QED) is 0.721. The third-order valence-corrected chi connectivity index (χ3v) is 3.72. The summed E-state index contributed by atoms with van der Waals surface area (Å²) in [5, 5.41) is 7.95. The van der Waals surface area contributed by atoms with E-state index in [1.54, 1.807) is 13.2 Å². The second-order valence-corrected chi connectivity index (χ2v) is 6.07. The lowest BCUT2D eigenvalue weighted by Crippen LogP contribution is -2.32. The fraction of sp³-hybridized carbons (Fsp3) is 0.389. The first-order chi connectivity index (χ1) is 12.0. The van der Waals surface area contributed by atoms with Gasteiger partial charge in [0.05, 0.1) is 0 Å². The van der Waals surface area contributed by atoms with Gasteiger partial charge in [0.15, 0.2) is 0 Å². The highest BCUT2D eigenvalue weighted by Crippen LogP contribution is 2.16. The maximum atomic E-state index is 11.9. The molecular weight excluding hydrogens is 318 g/mol. The van der Waals surface area contributed by atoms with Crippen LogP contribution in [0.25, 0.3) is 0 Å². The van der Waals surface area contributed by atoms with Crippen molar-refractivity contribution < 1.29 is 9.59 Å². The topological polar surface area (TPSA) is 88.0 Å². The normalized spacial score (nSPS) is 10.6. The van der Waals surface area contributed by atoms with E-state index >= 15 is 0 Å². The number of benzene rings is 1. The molecule has 0 spiro atoms. The monoisotopic (exact) mass is 343 g/mol. The summed E-state index contributed by atoms with van der Waals surface area (Å²) >= 11 is 0. The van der Waals surface area contributed by atoms with Crippen LogP contribution in [0.15, 0.2) is 36.7 Å². The fourth-order valence-corrected chi connectivity index (χ4v) is 2.49. The standard InChI is InChI=1S/C18H25N5O2/c1-13(2)17-20-9-10-23(17)12-14-5-4-6-15(11-14)22-18(25)21-8-7-16(24)19-3/h4-6,9-11,13H,7-8,12H2,1-3H3,(H,19,24)(H2,21,22,25). The summed E-state index contributed by atoms with van der Waals surface area (Å²) in [4.78, 5) is 27.4. The van der Waals surface area contributed by atoms with Gasteiger partial charge in [-0.3, -0.25) is 4.79 Å². The number of nitrogens with zero attached hydrogens (tertiary/aromatic N) is 2. The lowest BCUT2D eigenvalue weighted by molar-refractivity contribution is -0.120. The minimum absolute atomic E-state index is 0.108. The SMILES string of the molecule is CNC(=O)CCNC(=O)Nc1cccc(Cn2ccnc2C(C)C)c1. The van der Waals surface area contributed by atoms with E-state index in [4.69, 9.17) is 0 Å². The van der Waals surface area contributed by atoms with E-state index in [-0.39, 0.29) is 24.9 Å². The Balaban J connectivity index is 1.93. The van der Waals surface area contributed by atoms with Crippen LogP contribution < -0.4 is 16.0 Å². The van der Waals surface area contributed by atoms with Crippen molar-refractivity contribution in [2.24, 2.45) is 0 Å². The van der Waals surface area contributed by atoms with Crippen molar-refractivity contribution in [1.29, 1.82) is 0 Å². The molecule has 0 saturated heterocycles. The Labute approximate surface area is 147 Å². The molecular formula is C18H25N5O2. The number of carbonyl (C=O) groups is 2. The van der Waals surface area contributed by atoms with Crippen molar-refractivity contribution in [2.45, 2.75) is 32.7 Å². The van der Waals surface area contributed by atoms with Crippen LogP contribution in [0, 0.1) is 0 Å². The Hall–Kier alpha value is -2.83. The lowest BCUT2D eigenvalue weighted by atomic mass is 10.1. The van der Waals surface area contributed by atoms with Gasteiger partial charge in [-0.25, -0.2) is 9.78 Å². The summed E-state index contributed by atoms with van der Waals surface area (Å²) < 4.78 is 2.10. The molecule has 2 rings (SSSR count). The van der Waals surface area contributed by atoms with E-state index in [1.807, 2.05) is 30.5 Å². The van der Waals surface area contributed by atoms with Crippen molar-refractivity contribution in [3.05, 3.63) is 48.0 Å². The molecule has 134 valence electrons. The number of urea groups is 1. The van der Waals surface area contributed by atoms with Crippen molar-refractivity contribution in [2.75, 3.05) is 18.9 Å². The summed E-state index contributed by atoms with van der Waals surface area (Å²) in [5.41, 5.74) is 1.78. The van der Waals surface area contributed by atoms with Gasteiger partial charge in [0.2, 0.25) is 5.91 Å². The number of anilines is 1. The number of hydrogen-bond donors (Lipinski definition) is 3. The Bertz CT molecular complexity index is 724. The zero-order valence-corrected chi connectivity index (χ0v) is 14.9. The van der Waals surface area contributed by atoms with Gasteiger partial charge in [-0.2, -0.15) is 0 Å². The van der Waals surface area contributed by atoms with Crippen LogP contribution in [0.2, 0.25) is 0 Å². The fourth-order valence-electron chi connectivity index (χ4n) is 2.49. The maximum Gasteiger partial charge on any atom is 0.319 e. The highest BCUT2D eigenvalue weighted by atomic mass is 16.2. The van der Waals surface area contributed by atoms with Crippen LogP contribution in [0.4, 0.5) is 10.5 Å². The molecule has 1 aromatic carbocycles. The Morgan fingerprint density at radius 1 is 1.28 bits per heavy atom. The molecule has 0 aliphatic carbocycles. The third-order valence-electron chi connectivity index (χ3n) is 3.72. The molecule has 7 nitrogen and oxygen atoms in total. The highest BCUT2D eigenvalue weighted by molar-refractivity contribution is 5.89. The van der Waals surface area contributed by atoms with Crippen molar-refractivity contribution in [1.82, 2.24) is 20.2 Å². The molecule has 0 bridgehead atoms. The molecule has 1 heterocycles. The van der Waals surface area contributed by atoms with Crippen molar-refractivity contribution >= 4 is 17.6 Å². The summed E-state index contributed by atoms with van der Waals surface area (Å²) in [6.45, 7) is 5.21. The van der Waals surface area contributed by atoms with E-state index in [0.29, 0.717) is 18.2 Å². The first kappa shape index (κ1) is 18.5. The zero-order valence-electron chi connectivity index (χ0n) is 14.9. The number of imidazole rings is 1. The van der Waals surface area contributed by atoms with E-state index < -0.39 is 0 Å². The second kappa shape index (κ2) is 8.86. The van der Waals surface area contributed by atoms with Gasteiger partial charge in [0.1, 0.15) is 5.82 Å². The smallest absolute Gasteiger partial charge is 0.319 e. The van der Waals surface area contributed by atoms with Crippen molar-refractivity contribution in [3.8, 4) is 0 Å². The second-order valence-electron chi connectivity index (χ2n) is 6.07. The molecule has 3 amide bonds. The van der Waals surface area contributed by atoms with Crippen LogP contribution in [-0.2, 0) is 11.3 Å². The van der Waals surface area contributed by atoms with Gasteiger partial charge < -0.3 is 20.5 Å². The molecule has 0 fully saturated rings. The minimum atomic E-state index is -0.327. The predicted molar refractivity (Wildman–Crippen MR) is 97.6 cm³/mol. The predicted octanol–water partition coefficient (Wildman–Crippen LogP) is 2.31. The molecule has 2 aromatic rings. The van der Waals surface area contributed by atoms with E-state index in [9.17, 15) is 9.59 Å². The van der Waals surface area contributed by atoms with Gasteiger partial charge in [-0.05, 0) is 17.7 Å². The average molecular weight is 343 g/mol. The van der Waals surface area contributed by atoms with Crippen molar-refractivity contribution in [3.63, 3.8) is 0 Å². The Morgan fingerprint density at radius 2 is 2.08 bits per heavy atom. The average Bonchev–Trinajstić information content (AvgIpc) is 3.03. The summed E-state index contributed by atoms with van der Waals surface area (Å²) in [6.07, 6.45) is 4.01. The molecule has 0 aliphatic heterocycles. The molecule has 0 aliphatic rings. The van der Waals surface area contributed by atoms with E-state index in [1.165, 1.54) is 0 Å². The van der Waals surface area contributed by atoms with Gasteiger partial charge in [-0.15, -0.1) is 0 Å². The molecule has 1 aromatic heterocycles. The first-order valence-electron chi connectivity index (χ1n) is 8.35. The number of nitrogens with one attached hydrogen (secondary N) is 3. The number of carbonyl (C=O) groups excluding carboxylic acids is 2. The van der Waals surface area contributed by atoms with E-state index in [2.05, 4.69) is 39.3 Å². The summed E-state index contributed by atoms with van der Waals surface area (Å²) in [6, 6.07) is 7.36. The Kier molecular flexibility index (Phi) is 6.56. The first-order valence-corrected chi connectivity index (χ1v) is 8.35. The van der Waals surface area contributed by atoms with Crippen LogP contribution in [0.3, 0.4) is 0 Å². The third kappa shape index (κ3) is 5.63. The molecule has 0 unspecified atom stereocenters. The lowest BCUT2D eigenvalue weighted by Gasteiger charge is -2.12. The van der Waals surface area contributed by atoms with Gasteiger partial charge in [0.25, 0.3) is 0 Å². The van der Waals surface area contributed by atoms with Crippen LogP contribution >= 0.6 is 0 Å². The number of amides is 3. The molecule has 0 atom stereocenters. The van der Waals surface area contributed by atoms with Gasteiger partial charge in [0, 0.05) is 50.6 Å². The van der Waals surface area contributed by atoms with Crippen LogP contribution in [0.1, 0.15) is 37.6 Å². The number of rotatable bonds is 7. The van der Waals surface area contributed by atoms with Gasteiger partial charge >= 0.3 is 6.03 Å². The molecule has 25 heavy (non-hydrogen) atoms. The largest absolute Gasteiger partial charge is 0.359 e. The molecule has 7 heteroatoms. The Morgan fingerprint density at radius 3 is 2.80 bits per heavy atom. The van der Waals surface area contributed by atoms with Gasteiger partial charge in [-0.1, -0.05) is 26.0 Å². The zero-order chi connectivity index (χ0) is 18.2. The number of aromatic nitrogens is 2. The summed E-state index contributed by atoms with van der Waals surface area (Å²) in [7, 11) is 1.57. The molecule has 0 radical (unpaired) electrons. The van der Waals surface area contributed by atoms with E-state index in [0.717, 1.165) is 11.4 Å². The highest BCUT2D eigenvalue weighted by Gasteiger charge is 2.08. The number of hydrogen-bond acceptors (Lipinski definition) is 3. The maximum absolute atomic E-state index is 11.9. The minimum Gasteiger partial charge on any atom is -0.359 e. The van der Waals surface area contributed by atoms with Crippen LogP contribution in [-0.4, -0.2) is 35.1 Å². The van der Waals surface area contributed by atoms with Crippen LogP contribution in [0.5, 0.6) is 0 Å². The molecule has 0 saturated carbocycles. The summed E-state index contributed by atoms with van der Waals surface area (Å²) in [5.74, 6) is 1.27.